The number of rotatable bonds is 13. The number of unbranched alkanes of at least 4 members (excludes halogenated alkanes) is 1. The fourth-order valence-corrected chi connectivity index (χ4v) is 5.99. The van der Waals surface area contributed by atoms with Crippen molar-refractivity contribution in [3.05, 3.63) is 113 Å². The molecule has 0 aliphatic carbocycles. The smallest absolute Gasteiger partial charge is 0.244 e. The van der Waals surface area contributed by atoms with Gasteiger partial charge in [0.2, 0.25) is 21.8 Å². The minimum Gasteiger partial charge on any atom is -0.354 e. The fourth-order valence-electron chi connectivity index (χ4n) is 4.91. The number of sulfonamides is 1. The van der Waals surface area contributed by atoms with Crippen molar-refractivity contribution >= 4 is 49.9 Å². The Morgan fingerprint density at radius 2 is 1.55 bits per heavy atom. The minimum absolute atomic E-state index is 0.0746. The van der Waals surface area contributed by atoms with Crippen molar-refractivity contribution < 1.29 is 18.0 Å². The summed E-state index contributed by atoms with van der Waals surface area (Å²) in [5, 5.41) is 5.04. The van der Waals surface area contributed by atoms with Gasteiger partial charge in [-0.05, 0) is 41.1 Å². The van der Waals surface area contributed by atoms with Crippen LogP contribution in [0.15, 0.2) is 97.1 Å². The molecule has 4 rings (SSSR count). The van der Waals surface area contributed by atoms with Crippen molar-refractivity contribution in [2.24, 2.45) is 0 Å². The summed E-state index contributed by atoms with van der Waals surface area (Å²) in [6.45, 7) is 2.12. The number of anilines is 1. The van der Waals surface area contributed by atoms with Gasteiger partial charge in [-0.25, -0.2) is 8.42 Å². The van der Waals surface area contributed by atoms with Gasteiger partial charge in [-0.1, -0.05) is 104 Å². The van der Waals surface area contributed by atoms with Gasteiger partial charge in [0.25, 0.3) is 0 Å². The summed E-state index contributed by atoms with van der Waals surface area (Å²) in [4.78, 5) is 29.4. The van der Waals surface area contributed by atoms with Gasteiger partial charge in [0.1, 0.15) is 12.6 Å². The Bertz CT molecular complexity index is 1620. The molecule has 0 spiro atoms. The van der Waals surface area contributed by atoms with Crippen LogP contribution in [-0.4, -0.2) is 50.5 Å². The number of fused-ring (bicyclic) bond motifs is 1. The van der Waals surface area contributed by atoms with Crippen molar-refractivity contribution in [2.45, 2.75) is 38.8 Å². The van der Waals surface area contributed by atoms with Gasteiger partial charge in [0, 0.05) is 29.9 Å². The van der Waals surface area contributed by atoms with Gasteiger partial charge in [0.05, 0.1) is 11.9 Å². The molecule has 0 unspecified atom stereocenters. The van der Waals surface area contributed by atoms with Gasteiger partial charge >= 0.3 is 0 Å². The van der Waals surface area contributed by atoms with Crippen molar-refractivity contribution in [3.63, 3.8) is 0 Å². The van der Waals surface area contributed by atoms with Crippen LogP contribution in [-0.2, 0) is 32.6 Å². The molecule has 0 saturated heterocycles. The van der Waals surface area contributed by atoms with Crippen LogP contribution in [0.3, 0.4) is 0 Å². The lowest BCUT2D eigenvalue weighted by atomic mass is 10.0. The highest BCUT2D eigenvalue weighted by atomic mass is 35.5. The molecule has 9 heteroatoms. The van der Waals surface area contributed by atoms with Crippen LogP contribution >= 0.6 is 11.6 Å². The van der Waals surface area contributed by atoms with E-state index in [-0.39, 0.29) is 18.9 Å². The van der Waals surface area contributed by atoms with E-state index in [1.807, 2.05) is 73.7 Å². The van der Waals surface area contributed by atoms with Crippen LogP contribution in [0.1, 0.15) is 30.9 Å². The Morgan fingerprint density at radius 1 is 0.881 bits per heavy atom. The summed E-state index contributed by atoms with van der Waals surface area (Å²) in [7, 11) is -3.88. The third kappa shape index (κ3) is 8.11. The number of benzene rings is 4. The number of nitrogens with one attached hydrogen (secondary N) is 1. The van der Waals surface area contributed by atoms with E-state index in [1.54, 1.807) is 30.3 Å². The second kappa shape index (κ2) is 14.3. The lowest BCUT2D eigenvalue weighted by Crippen LogP contribution is -2.53. The van der Waals surface area contributed by atoms with Crippen LogP contribution < -0.4 is 9.62 Å². The Hall–Kier alpha value is -3.88. The predicted molar refractivity (Wildman–Crippen MR) is 170 cm³/mol. The van der Waals surface area contributed by atoms with E-state index in [4.69, 9.17) is 11.6 Å². The van der Waals surface area contributed by atoms with E-state index in [1.165, 1.54) is 4.90 Å². The summed E-state index contributed by atoms with van der Waals surface area (Å²) in [5.41, 5.74) is 2.01. The third-order valence-corrected chi connectivity index (χ3v) is 8.42. The van der Waals surface area contributed by atoms with E-state index >= 15 is 0 Å². The van der Waals surface area contributed by atoms with E-state index < -0.39 is 28.5 Å². The second-order valence-electron chi connectivity index (χ2n) is 10.3. The first-order chi connectivity index (χ1) is 20.2. The molecule has 4 aromatic carbocycles. The third-order valence-electron chi connectivity index (χ3n) is 7.06. The maximum absolute atomic E-state index is 14.3. The average molecular weight is 606 g/mol. The molecule has 2 amide bonds. The maximum atomic E-state index is 14.3. The van der Waals surface area contributed by atoms with Crippen LogP contribution in [0.5, 0.6) is 0 Å². The molecule has 220 valence electrons. The zero-order valence-corrected chi connectivity index (χ0v) is 25.4. The first-order valence-corrected chi connectivity index (χ1v) is 16.2. The maximum Gasteiger partial charge on any atom is 0.244 e. The Balaban J connectivity index is 1.76. The van der Waals surface area contributed by atoms with Crippen LogP contribution in [0.4, 0.5) is 5.69 Å². The second-order valence-corrected chi connectivity index (χ2v) is 12.6. The molecule has 0 aromatic heterocycles. The summed E-state index contributed by atoms with van der Waals surface area (Å²) in [6.07, 6.45) is 3.05. The molecular weight excluding hydrogens is 570 g/mol. The molecule has 0 bridgehead atoms. The lowest BCUT2D eigenvalue weighted by molar-refractivity contribution is -0.140. The highest BCUT2D eigenvalue weighted by Crippen LogP contribution is 2.29. The SMILES string of the molecule is CCCCNC(=O)[C@@H](Cc1ccccc1)N(Cc1cccc(Cl)c1)C(=O)CN(c1cccc2ccccc12)S(C)(=O)=O. The van der Waals surface area contributed by atoms with Crippen LogP contribution in [0, 0.1) is 0 Å². The van der Waals surface area contributed by atoms with Crippen molar-refractivity contribution in [1.82, 2.24) is 10.2 Å². The molecule has 0 radical (unpaired) electrons. The molecule has 0 aliphatic rings. The van der Waals surface area contributed by atoms with Crippen LogP contribution in [0.25, 0.3) is 10.8 Å². The minimum atomic E-state index is -3.88. The number of carbonyl (C=O) groups excluding carboxylic acids is 2. The van der Waals surface area contributed by atoms with Crippen molar-refractivity contribution in [1.29, 1.82) is 0 Å². The molecule has 1 N–H and O–H groups in total. The Morgan fingerprint density at radius 3 is 2.26 bits per heavy atom. The summed E-state index contributed by atoms with van der Waals surface area (Å²) >= 11 is 6.27. The van der Waals surface area contributed by atoms with E-state index in [2.05, 4.69) is 5.32 Å². The monoisotopic (exact) mass is 605 g/mol. The first-order valence-electron chi connectivity index (χ1n) is 14.0. The van der Waals surface area contributed by atoms with Crippen molar-refractivity contribution in [2.75, 3.05) is 23.7 Å². The van der Waals surface area contributed by atoms with Gasteiger partial charge in [-0.3, -0.25) is 13.9 Å². The topological polar surface area (TPSA) is 86.8 Å². The van der Waals surface area contributed by atoms with Gasteiger partial charge in [-0.15, -0.1) is 0 Å². The quantitative estimate of drug-likeness (QED) is 0.195. The van der Waals surface area contributed by atoms with Gasteiger partial charge in [-0.2, -0.15) is 0 Å². The summed E-state index contributed by atoms with van der Waals surface area (Å²) < 4.78 is 27.5. The van der Waals surface area contributed by atoms with E-state index in [9.17, 15) is 18.0 Å². The van der Waals surface area contributed by atoms with E-state index in [0.29, 0.717) is 22.6 Å². The zero-order chi connectivity index (χ0) is 30.1. The Labute approximate surface area is 253 Å². The van der Waals surface area contributed by atoms with Gasteiger partial charge in [0.15, 0.2) is 0 Å². The molecule has 0 fully saturated rings. The number of hydrogen-bond donors (Lipinski definition) is 1. The number of hydrogen-bond acceptors (Lipinski definition) is 4. The summed E-state index contributed by atoms with van der Waals surface area (Å²) in [5.74, 6) is -0.793. The number of amides is 2. The predicted octanol–water partition coefficient (Wildman–Crippen LogP) is 5.82. The fraction of sp³-hybridized carbons (Fsp3) is 0.273. The highest BCUT2D eigenvalue weighted by Gasteiger charge is 2.33. The molecule has 7 nitrogen and oxygen atoms in total. The molecule has 0 heterocycles. The molecule has 42 heavy (non-hydrogen) atoms. The zero-order valence-electron chi connectivity index (χ0n) is 23.9. The van der Waals surface area contributed by atoms with Gasteiger partial charge < -0.3 is 10.2 Å². The van der Waals surface area contributed by atoms with E-state index in [0.717, 1.165) is 39.9 Å². The van der Waals surface area contributed by atoms with Crippen molar-refractivity contribution in [3.8, 4) is 0 Å². The Kier molecular flexibility index (Phi) is 10.6. The summed E-state index contributed by atoms with van der Waals surface area (Å²) in [6, 6.07) is 28.5. The first kappa shape index (κ1) is 31.1. The molecule has 1 atom stereocenters. The number of nitrogens with zero attached hydrogens (tertiary/aromatic N) is 2. The number of halogens is 1. The molecule has 4 aromatic rings. The average Bonchev–Trinajstić information content (AvgIpc) is 2.97. The standard InChI is InChI=1S/C33H36ClN3O4S/c1-3-4-20-35-33(39)31(22-25-12-6-5-7-13-25)36(23-26-14-10-17-28(34)21-26)32(38)24-37(42(2,40)41)30-19-11-16-27-15-8-9-18-29(27)30/h5-19,21,31H,3-4,20,22-24H2,1-2H3,(H,35,39)/t31-/m1/s1. The lowest BCUT2D eigenvalue weighted by Gasteiger charge is -2.33. The number of carbonyl (C=O) groups is 2. The molecular formula is C33H36ClN3O4S. The molecule has 0 aliphatic heterocycles. The normalized spacial score (nSPS) is 12.1. The molecule has 0 saturated carbocycles. The van der Waals surface area contributed by atoms with Crippen LogP contribution in [0.2, 0.25) is 5.02 Å². The highest BCUT2D eigenvalue weighted by molar-refractivity contribution is 7.92. The largest absolute Gasteiger partial charge is 0.354 e.